The third-order valence-electron chi connectivity index (χ3n) is 3.81. The molecule has 1 aliphatic heterocycles. The van der Waals surface area contributed by atoms with E-state index in [-0.39, 0.29) is 10.6 Å². The van der Waals surface area contributed by atoms with Crippen LogP contribution in [-0.4, -0.2) is 30.4 Å². The lowest BCUT2D eigenvalue weighted by molar-refractivity contribution is -0.146. The minimum absolute atomic E-state index is 0.0229. The summed E-state index contributed by atoms with van der Waals surface area (Å²) in [6, 6.07) is 4.61. The molecule has 1 aromatic heterocycles. The van der Waals surface area contributed by atoms with Crippen LogP contribution in [0.2, 0.25) is 5.02 Å². The average molecular weight is 354 g/mol. The number of rotatable bonds is 2. The van der Waals surface area contributed by atoms with Gasteiger partial charge in [-0.1, -0.05) is 11.6 Å². The number of methoxy groups -OCH3 is 1. The summed E-state index contributed by atoms with van der Waals surface area (Å²) in [7, 11) is 1.29. The Kier molecular flexibility index (Phi) is 4.37. The van der Waals surface area contributed by atoms with Gasteiger partial charge in [0, 0.05) is 11.4 Å². The SMILES string of the molecule is COC(=O)C1c2ccsc2CCN1C(=O)c1ccc(F)cc1Cl. The molecule has 1 aromatic carbocycles. The van der Waals surface area contributed by atoms with Crippen LogP contribution >= 0.6 is 22.9 Å². The highest BCUT2D eigenvalue weighted by molar-refractivity contribution is 7.10. The van der Waals surface area contributed by atoms with Gasteiger partial charge in [-0.25, -0.2) is 9.18 Å². The summed E-state index contributed by atoms with van der Waals surface area (Å²) >= 11 is 7.53. The lowest BCUT2D eigenvalue weighted by Crippen LogP contribution is -2.43. The van der Waals surface area contributed by atoms with Gasteiger partial charge >= 0.3 is 5.97 Å². The Bertz CT molecular complexity index is 776. The fraction of sp³-hybridized carbons (Fsp3) is 0.250. The first-order valence-corrected chi connectivity index (χ1v) is 8.19. The summed E-state index contributed by atoms with van der Waals surface area (Å²) in [5, 5.41) is 1.91. The molecule has 0 saturated carbocycles. The van der Waals surface area contributed by atoms with E-state index in [1.807, 2.05) is 11.4 Å². The zero-order chi connectivity index (χ0) is 16.6. The van der Waals surface area contributed by atoms with Gasteiger partial charge in [-0.2, -0.15) is 0 Å². The van der Waals surface area contributed by atoms with E-state index in [1.54, 1.807) is 11.3 Å². The van der Waals surface area contributed by atoms with Gasteiger partial charge in [0.1, 0.15) is 5.82 Å². The van der Waals surface area contributed by atoms with E-state index in [2.05, 4.69) is 0 Å². The maximum atomic E-state index is 13.2. The lowest BCUT2D eigenvalue weighted by atomic mass is 9.98. The molecule has 0 aliphatic carbocycles. The molecule has 1 aliphatic rings. The largest absolute Gasteiger partial charge is 0.467 e. The summed E-state index contributed by atoms with van der Waals surface area (Å²) < 4.78 is 18.0. The van der Waals surface area contributed by atoms with E-state index in [0.29, 0.717) is 13.0 Å². The topological polar surface area (TPSA) is 46.6 Å². The van der Waals surface area contributed by atoms with E-state index in [9.17, 15) is 14.0 Å². The van der Waals surface area contributed by atoms with E-state index >= 15 is 0 Å². The molecule has 3 rings (SSSR count). The highest BCUT2D eigenvalue weighted by Gasteiger charge is 2.38. The number of amides is 1. The Morgan fingerprint density at radius 2 is 2.17 bits per heavy atom. The van der Waals surface area contributed by atoms with E-state index in [4.69, 9.17) is 16.3 Å². The van der Waals surface area contributed by atoms with Gasteiger partial charge in [-0.3, -0.25) is 4.79 Å². The number of esters is 1. The molecule has 1 atom stereocenters. The molecule has 2 heterocycles. The molecular weight excluding hydrogens is 341 g/mol. The van der Waals surface area contributed by atoms with Crippen LogP contribution in [0.5, 0.6) is 0 Å². The van der Waals surface area contributed by atoms with Gasteiger partial charge < -0.3 is 9.64 Å². The number of hydrogen-bond donors (Lipinski definition) is 0. The van der Waals surface area contributed by atoms with Crippen LogP contribution in [0, 0.1) is 5.82 Å². The molecule has 120 valence electrons. The van der Waals surface area contributed by atoms with Crippen molar-refractivity contribution in [3.63, 3.8) is 0 Å². The van der Waals surface area contributed by atoms with Crippen molar-refractivity contribution in [2.75, 3.05) is 13.7 Å². The number of carbonyl (C=O) groups is 2. The molecule has 1 unspecified atom stereocenters. The highest BCUT2D eigenvalue weighted by atomic mass is 35.5. The average Bonchev–Trinajstić information content (AvgIpc) is 3.01. The normalized spacial score (nSPS) is 16.8. The lowest BCUT2D eigenvalue weighted by Gasteiger charge is -2.34. The smallest absolute Gasteiger partial charge is 0.333 e. The van der Waals surface area contributed by atoms with Crippen molar-refractivity contribution >= 4 is 34.8 Å². The van der Waals surface area contributed by atoms with Crippen molar-refractivity contribution in [2.24, 2.45) is 0 Å². The summed E-state index contributed by atoms with van der Waals surface area (Å²) in [5.74, 6) is -1.44. The van der Waals surface area contributed by atoms with Gasteiger partial charge in [0.2, 0.25) is 0 Å². The molecule has 0 spiro atoms. The number of halogens is 2. The second-order valence-electron chi connectivity index (χ2n) is 5.10. The van der Waals surface area contributed by atoms with Crippen molar-refractivity contribution in [3.05, 3.63) is 56.5 Å². The zero-order valence-corrected chi connectivity index (χ0v) is 13.8. The first-order chi connectivity index (χ1) is 11.0. The van der Waals surface area contributed by atoms with E-state index < -0.39 is 23.7 Å². The third kappa shape index (κ3) is 2.84. The Morgan fingerprint density at radius 1 is 1.39 bits per heavy atom. The number of fused-ring (bicyclic) bond motifs is 1. The first-order valence-electron chi connectivity index (χ1n) is 6.93. The zero-order valence-electron chi connectivity index (χ0n) is 12.2. The molecule has 4 nitrogen and oxygen atoms in total. The predicted molar refractivity (Wildman–Crippen MR) is 85.2 cm³/mol. The van der Waals surface area contributed by atoms with E-state index in [1.165, 1.54) is 24.1 Å². The van der Waals surface area contributed by atoms with Crippen LogP contribution in [0.15, 0.2) is 29.6 Å². The van der Waals surface area contributed by atoms with Crippen LogP contribution in [0.1, 0.15) is 26.8 Å². The van der Waals surface area contributed by atoms with Crippen LogP contribution < -0.4 is 0 Å². The molecular formula is C16H13ClFNO3S. The molecule has 0 radical (unpaired) electrons. The Morgan fingerprint density at radius 3 is 2.87 bits per heavy atom. The fourth-order valence-corrected chi connectivity index (χ4v) is 3.87. The van der Waals surface area contributed by atoms with E-state index in [0.717, 1.165) is 16.5 Å². The van der Waals surface area contributed by atoms with Crippen molar-refractivity contribution in [3.8, 4) is 0 Å². The van der Waals surface area contributed by atoms with Crippen LogP contribution in [0.4, 0.5) is 4.39 Å². The number of ether oxygens (including phenoxy) is 1. The molecule has 0 bridgehead atoms. The van der Waals surface area contributed by atoms with Gasteiger partial charge in [0.25, 0.3) is 5.91 Å². The fourth-order valence-electron chi connectivity index (χ4n) is 2.72. The number of hydrogen-bond acceptors (Lipinski definition) is 4. The Hall–Kier alpha value is -1.92. The second-order valence-corrected chi connectivity index (χ2v) is 6.51. The minimum atomic E-state index is -0.802. The number of carbonyl (C=O) groups excluding carboxylic acids is 2. The third-order valence-corrected chi connectivity index (χ3v) is 5.12. The van der Waals surface area contributed by atoms with Gasteiger partial charge in [-0.05, 0) is 41.6 Å². The number of thiophene rings is 1. The number of nitrogens with zero attached hydrogens (tertiary/aromatic N) is 1. The Labute approximate surface area is 141 Å². The first kappa shape index (κ1) is 16.0. The molecule has 0 saturated heterocycles. The molecule has 0 N–H and O–H groups in total. The van der Waals surface area contributed by atoms with Gasteiger partial charge in [0.15, 0.2) is 6.04 Å². The monoisotopic (exact) mass is 353 g/mol. The maximum Gasteiger partial charge on any atom is 0.333 e. The molecule has 7 heteroatoms. The van der Waals surface area contributed by atoms with Crippen LogP contribution in [-0.2, 0) is 16.0 Å². The summed E-state index contributed by atoms with van der Waals surface area (Å²) in [6.07, 6.45) is 0.658. The molecule has 2 aromatic rings. The quantitative estimate of drug-likeness (QED) is 0.777. The summed E-state index contributed by atoms with van der Waals surface area (Å²) in [5.41, 5.74) is 0.945. The summed E-state index contributed by atoms with van der Waals surface area (Å²) in [4.78, 5) is 27.5. The molecule has 0 fully saturated rings. The summed E-state index contributed by atoms with van der Waals surface area (Å²) in [6.45, 7) is 0.375. The van der Waals surface area contributed by atoms with Crippen molar-refractivity contribution < 1.29 is 18.7 Å². The molecule has 1 amide bonds. The highest BCUT2D eigenvalue weighted by Crippen LogP contribution is 2.35. The van der Waals surface area contributed by atoms with Crippen molar-refractivity contribution in [2.45, 2.75) is 12.5 Å². The minimum Gasteiger partial charge on any atom is -0.467 e. The van der Waals surface area contributed by atoms with Gasteiger partial charge in [0.05, 0.1) is 17.7 Å². The van der Waals surface area contributed by atoms with Crippen LogP contribution in [0.3, 0.4) is 0 Å². The maximum absolute atomic E-state index is 13.2. The van der Waals surface area contributed by atoms with Crippen LogP contribution in [0.25, 0.3) is 0 Å². The standard InChI is InChI=1S/C16H13ClFNO3S/c1-22-16(21)14-11-5-7-23-13(11)4-6-19(14)15(20)10-3-2-9(18)8-12(10)17/h2-3,5,7-8,14H,4,6H2,1H3. The Balaban J connectivity index is 2.00. The second kappa shape index (κ2) is 6.29. The van der Waals surface area contributed by atoms with Crippen molar-refractivity contribution in [1.29, 1.82) is 0 Å². The molecule has 23 heavy (non-hydrogen) atoms. The number of benzene rings is 1. The predicted octanol–water partition coefficient (Wildman–Crippen LogP) is 3.45. The van der Waals surface area contributed by atoms with Crippen molar-refractivity contribution in [1.82, 2.24) is 4.90 Å². The van der Waals surface area contributed by atoms with Gasteiger partial charge in [-0.15, -0.1) is 11.3 Å².